The lowest BCUT2D eigenvalue weighted by molar-refractivity contribution is -0.122. The fourth-order valence-electron chi connectivity index (χ4n) is 4.84. The molecule has 1 amide bonds. The highest BCUT2D eigenvalue weighted by Crippen LogP contribution is 2.34. The molecule has 2 N–H and O–H groups in total. The molecule has 2 aliphatic rings. The number of phenolic OH excluding ortho intramolecular Hbond substituents is 1. The van der Waals surface area contributed by atoms with E-state index in [1.54, 1.807) is 24.3 Å². The molecule has 0 unspecified atom stereocenters. The minimum atomic E-state index is -0.344. The van der Waals surface area contributed by atoms with Crippen molar-refractivity contribution in [3.05, 3.63) is 48.3 Å². The van der Waals surface area contributed by atoms with Crippen molar-refractivity contribution in [2.24, 2.45) is 11.8 Å². The van der Waals surface area contributed by atoms with E-state index in [0.717, 1.165) is 39.0 Å². The normalized spacial score (nSPS) is 19.0. The number of anilines is 1. The second kappa shape index (κ2) is 9.93. The third kappa shape index (κ3) is 4.97. The van der Waals surface area contributed by atoms with E-state index in [-0.39, 0.29) is 23.4 Å². The van der Waals surface area contributed by atoms with E-state index in [9.17, 15) is 14.3 Å². The highest BCUT2D eigenvalue weighted by Gasteiger charge is 2.27. The van der Waals surface area contributed by atoms with Crippen molar-refractivity contribution >= 4 is 22.6 Å². The van der Waals surface area contributed by atoms with E-state index in [2.05, 4.69) is 15.2 Å². The van der Waals surface area contributed by atoms with Gasteiger partial charge in [0.2, 0.25) is 5.91 Å². The predicted octanol–water partition coefficient (Wildman–Crippen LogP) is 3.90. The van der Waals surface area contributed by atoms with Gasteiger partial charge >= 0.3 is 0 Å². The first-order valence-corrected chi connectivity index (χ1v) is 11.9. The second-order valence-corrected chi connectivity index (χ2v) is 9.21. The molecule has 3 heterocycles. The Balaban J connectivity index is 1.32. The number of aromatic hydroxyl groups is 1. The number of carbonyl (C=O) groups excluding carboxylic acids is 1. The van der Waals surface area contributed by atoms with Crippen LogP contribution in [0.5, 0.6) is 5.75 Å². The first-order valence-electron chi connectivity index (χ1n) is 11.9. The molecule has 2 saturated heterocycles. The molecule has 0 saturated carbocycles. The van der Waals surface area contributed by atoms with Crippen molar-refractivity contribution in [1.82, 2.24) is 15.3 Å². The average molecular weight is 465 g/mol. The summed E-state index contributed by atoms with van der Waals surface area (Å²) < 4.78 is 19.5. The van der Waals surface area contributed by atoms with Crippen LogP contribution in [0.25, 0.3) is 22.3 Å². The van der Waals surface area contributed by atoms with Crippen LogP contribution in [0.2, 0.25) is 0 Å². The smallest absolute Gasteiger partial charge is 0.220 e. The van der Waals surface area contributed by atoms with Crippen molar-refractivity contribution in [3.8, 4) is 17.1 Å². The van der Waals surface area contributed by atoms with Gasteiger partial charge in [0.25, 0.3) is 0 Å². The maximum Gasteiger partial charge on any atom is 0.220 e. The highest BCUT2D eigenvalue weighted by atomic mass is 19.1. The molecule has 2 fully saturated rings. The predicted molar refractivity (Wildman–Crippen MR) is 128 cm³/mol. The topological polar surface area (TPSA) is 87.6 Å². The summed E-state index contributed by atoms with van der Waals surface area (Å²) in [6, 6.07) is 11.4. The second-order valence-electron chi connectivity index (χ2n) is 9.21. The van der Waals surface area contributed by atoms with Gasteiger partial charge in [0, 0.05) is 44.7 Å². The summed E-state index contributed by atoms with van der Waals surface area (Å²) in [5, 5.41) is 14.1. The fourth-order valence-corrected chi connectivity index (χ4v) is 4.84. The minimum absolute atomic E-state index is 0.0986. The van der Waals surface area contributed by atoms with Crippen molar-refractivity contribution < 1.29 is 19.0 Å². The lowest BCUT2D eigenvalue weighted by atomic mass is 9.96. The average Bonchev–Trinajstić information content (AvgIpc) is 3.32. The summed E-state index contributed by atoms with van der Waals surface area (Å²) in [6.45, 7) is 3.56. The highest BCUT2D eigenvalue weighted by molar-refractivity contribution is 5.91. The van der Waals surface area contributed by atoms with E-state index in [1.807, 2.05) is 6.07 Å². The zero-order chi connectivity index (χ0) is 23.5. The lowest BCUT2D eigenvalue weighted by Gasteiger charge is -2.22. The molecule has 5 rings (SSSR count). The molecule has 8 heteroatoms. The maximum absolute atomic E-state index is 14.1. The van der Waals surface area contributed by atoms with Crippen molar-refractivity contribution in [2.75, 3.05) is 37.7 Å². The number of halogens is 1. The van der Waals surface area contributed by atoms with Crippen molar-refractivity contribution in [2.45, 2.75) is 25.7 Å². The van der Waals surface area contributed by atoms with Gasteiger partial charge in [-0.2, -0.15) is 0 Å². The van der Waals surface area contributed by atoms with Crippen LogP contribution in [0.3, 0.4) is 0 Å². The van der Waals surface area contributed by atoms with E-state index >= 15 is 0 Å². The quantitative estimate of drug-likeness (QED) is 0.575. The van der Waals surface area contributed by atoms with Crippen molar-refractivity contribution in [1.29, 1.82) is 0 Å². The van der Waals surface area contributed by atoms with Crippen LogP contribution in [0.4, 0.5) is 10.2 Å². The largest absolute Gasteiger partial charge is 0.507 e. The summed E-state index contributed by atoms with van der Waals surface area (Å²) >= 11 is 0. The Morgan fingerprint density at radius 2 is 1.94 bits per heavy atom. The van der Waals surface area contributed by atoms with Crippen LogP contribution >= 0.6 is 0 Å². The zero-order valence-corrected chi connectivity index (χ0v) is 19.0. The Hall–Kier alpha value is -3.26. The number of hydrogen-bond donors (Lipinski definition) is 2. The number of carbonyl (C=O) groups is 1. The van der Waals surface area contributed by atoms with E-state index in [0.29, 0.717) is 53.5 Å². The number of aromatic nitrogens is 2. The number of fused-ring (bicyclic) bond motifs is 1. The molecule has 7 nitrogen and oxygen atoms in total. The van der Waals surface area contributed by atoms with Gasteiger partial charge in [0.15, 0.2) is 5.82 Å². The number of nitrogens with zero attached hydrogens (tertiary/aromatic N) is 3. The number of nitrogens with one attached hydrogen (secondary N) is 1. The first kappa shape index (κ1) is 22.5. The van der Waals surface area contributed by atoms with Crippen LogP contribution in [0, 0.1) is 17.7 Å². The van der Waals surface area contributed by atoms with Gasteiger partial charge in [-0.05, 0) is 61.4 Å². The summed E-state index contributed by atoms with van der Waals surface area (Å²) in [4.78, 5) is 23.9. The molecular weight excluding hydrogens is 435 g/mol. The van der Waals surface area contributed by atoms with Gasteiger partial charge in [-0.1, -0.05) is 12.1 Å². The van der Waals surface area contributed by atoms with Crippen LogP contribution in [0.1, 0.15) is 25.7 Å². The van der Waals surface area contributed by atoms with E-state index in [4.69, 9.17) is 9.72 Å². The number of ether oxygens (including phenoxy) is 1. The number of benzene rings is 2. The Morgan fingerprint density at radius 3 is 2.76 bits per heavy atom. The number of para-hydroxylation sites is 1. The summed E-state index contributed by atoms with van der Waals surface area (Å²) in [5.74, 6) is 1.60. The molecule has 1 aromatic heterocycles. The minimum Gasteiger partial charge on any atom is -0.507 e. The molecular formula is C26H29FN4O3. The Labute approximate surface area is 198 Å². The van der Waals surface area contributed by atoms with Gasteiger partial charge in [-0.25, -0.2) is 14.4 Å². The molecule has 34 heavy (non-hydrogen) atoms. The van der Waals surface area contributed by atoms with E-state index in [1.165, 1.54) is 12.1 Å². The summed E-state index contributed by atoms with van der Waals surface area (Å²) in [7, 11) is 0. The summed E-state index contributed by atoms with van der Waals surface area (Å²) in [6.07, 6.45) is 3.35. The SMILES string of the molecule is O=C(CC1CCOCC1)NC[C@@H]1CCN(c2nc(-c3ccccc3O)nc3ccc(F)cc23)C1. The number of hydrogen-bond acceptors (Lipinski definition) is 6. The Kier molecular flexibility index (Phi) is 6.58. The molecule has 2 aliphatic heterocycles. The standard InChI is InChI=1S/C26H29FN4O3/c27-19-5-6-22-21(14-19)26(30-25(29-22)20-3-1-2-4-23(20)32)31-10-7-18(16-31)15-28-24(33)13-17-8-11-34-12-9-17/h1-6,14,17-18,32H,7-13,15-16H2,(H,28,33)/t18-/m0/s1. The van der Waals surface area contributed by atoms with Crippen LogP contribution in [0.15, 0.2) is 42.5 Å². The van der Waals surface area contributed by atoms with Crippen LogP contribution in [-0.4, -0.2) is 53.8 Å². The molecule has 0 bridgehead atoms. The monoisotopic (exact) mass is 464 g/mol. The molecule has 2 aromatic carbocycles. The maximum atomic E-state index is 14.1. The lowest BCUT2D eigenvalue weighted by Crippen LogP contribution is -2.33. The third-order valence-electron chi connectivity index (χ3n) is 6.77. The zero-order valence-electron chi connectivity index (χ0n) is 19.0. The molecule has 0 aliphatic carbocycles. The molecule has 0 spiro atoms. The van der Waals surface area contributed by atoms with E-state index < -0.39 is 0 Å². The van der Waals surface area contributed by atoms with Gasteiger partial charge in [0.1, 0.15) is 17.4 Å². The Bertz CT molecular complexity index is 1180. The van der Waals surface area contributed by atoms with Gasteiger partial charge in [0.05, 0.1) is 11.1 Å². The van der Waals surface area contributed by atoms with Gasteiger partial charge in [-0.3, -0.25) is 4.79 Å². The van der Waals surface area contributed by atoms with Crippen LogP contribution in [-0.2, 0) is 9.53 Å². The number of phenols is 1. The molecule has 3 aromatic rings. The number of amides is 1. The molecule has 178 valence electrons. The van der Waals surface area contributed by atoms with Gasteiger partial charge < -0.3 is 20.1 Å². The molecule has 0 radical (unpaired) electrons. The molecule has 1 atom stereocenters. The van der Waals surface area contributed by atoms with Crippen molar-refractivity contribution in [3.63, 3.8) is 0 Å². The van der Waals surface area contributed by atoms with Crippen LogP contribution < -0.4 is 10.2 Å². The Morgan fingerprint density at radius 1 is 1.12 bits per heavy atom. The first-order chi connectivity index (χ1) is 16.6. The fraction of sp³-hybridized carbons (Fsp3) is 0.423. The van der Waals surface area contributed by atoms with Gasteiger partial charge in [-0.15, -0.1) is 0 Å². The third-order valence-corrected chi connectivity index (χ3v) is 6.77. The summed E-state index contributed by atoms with van der Waals surface area (Å²) in [5.41, 5.74) is 1.16. The number of rotatable bonds is 6.